The first kappa shape index (κ1) is 19.9. The van der Waals surface area contributed by atoms with Gasteiger partial charge in [0.1, 0.15) is 36.6 Å². The molecule has 24 heavy (non-hydrogen) atoms. The Morgan fingerprint density at radius 3 is 1.79 bits per heavy atom. The number of hydrogen-bond donors (Lipinski definition) is 9. The normalized spacial score (nSPS) is 51.4. The van der Waals surface area contributed by atoms with E-state index in [0.717, 1.165) is 0 Å². The first-order chi connectivity index (χ1) is 11.2. The molecule has 0 amide bonds. The minimum atomic E-state index is -1.78. The van der Waals surface area contributed by atoms with E-state index in [-0.39, 0.29) is 0 Å². The summed E-state index contributed by atoms with van der Waals surface area (Å²) in [4.78, 5) is 0. The van der Waals surface area contributed by atoms with E-state index in [9.17, 15) is 40.9 Å². The Bertz CT molecular complexity index is 405. The largest absolute Gasteiger partial charge is 0.394 e. The highest BCUT2D eigenvalue weighted by atomic mass is 16.6. The Hall–Kier alpha value is -0.440. The fraction of sp³-hybridized carbons (Fsp3) is 1.00. The molecule has 0 aromatic rings. The highest BCUT2D eigenvalue weighted by Crippen LogP contribution is 2.33. The summed E-state index contributed by atoms with van der Waals surface area (Å²) in [6, 6.07) is 0. The Kier molecular flexibility index (Phi) is 6.50. The highest BCUT2D eigenvalue weighted by Gasteiger charge is 2.53. The maximum Gasteiger partial charge on any atom is 0.183 e. The summed E-state index contributed by atoms with van der Waals surface area (Å²) >= 11 is 0. The summed E-state index contributed by atoms with van der Waals surface area (Å²) in [6.07, 6.45) is -16.3. The van der Waals surface area contributed by atoms with Gasteiger partial charge in [-0.3, -0.25) is 0 Å². The van der Waals surface area contributed by atoms with E-state index in [0.29, 0.717) is 0 Å². The third kappa shape index (κ3) is 3.43. The summed E-state index contributed by atoms with van der Waals surface area (Å²) in [6.45, 7) is -1.43. The van der Waals surface area contributed by atoms with Gasteiger partial charge in [-0.2, -0.15) is 0 Å². The zero-order valence-corrected chi connectivity index (χ0v) is 12.6. The van der Waals surface area contributed by atoms with Crippen LogP contribution in [-0.2, 0) is 9.47 Å². The van der Waals surface area contributed by atoms with E-state index in [1.54, 1.807) is 0 Å². The van der Waals surface area contributed by atoms with Crippen LogP contribution in [0.4, 0.5) is 0 Å². The van der Waals surface area contributed by atoms with E-state index in [1.165, 1.54) is 0 Å². The van der Waals surface area contributed by atoms with Gasteiger partial charge in [-0.1, -0.05) is 0 Å². The smallest absolute Gasteiger partial charge is 0.183 e. The van der Waals surface area contributed by atoms with Crippen molar-refractivity contribution < 1.29 is 55.4 Å². The average molecular weight is 356 g/mol. The molecule has 0 aliphatic carbocycles. The molecule has 9 N–H and O–H groups in total. The molecule has 2 saturated heterocycles. The van der Waals surface area contributed by atoms with Crippen LogP contribution >= 0.6 is 0 Å². The molecule has 0 spiro atoms. The molecular weight excluding hydrogens is 332 g/mol. The molecular formula is C13H24O11. The molecule has 1 unspecified atom stereocenters. The number of aliphatic hydroxyl groups is 9. The zero-order valence-electron chi connectivity index (χ0n) is 12.6. The van der Waals surface area contributed by atoms with E-state index < -0.39 is 80.4 Å². The van der Waals surface area contributed by atoms with Gasteiger partial charge in [0.15, 0.2) is 6.29 Å². The molecule has 11 heteroatoms. The van der Waals surface area contributed by atoms with Crippen LogP contribution in [0.15, 0.2) is 0 Å². The van der Waals surface area contributed by atoms with Crippen LogP contribution in [0.5, 0.6) is 0 Å². The summed E-state index contributed by atoms with van der Waals surface area (Å²) in [5.41, 5.74) is 0. The molecule has 0 radical (unpaired) electrons. The van der Waals surface area contributed by atoms with Gasteiger partial charge in [-0.05, 0) is 0 Å². The maximum atomic E-state index is 10.5. The van der Waals surface area contributed by atoms with Gasteiger partial charge < -0.3 is 55.4 Å². The Morgan fingerprint density at radius 1 is 0.667 bits per heavy atom. The second-order valence-corrected chi connectivity index (χ2v) is 6.09. The molecule has 2 heterocycles. The lowest BCUT2D eigenvalue weighted by Crippen LogP contribution is -2.66. The van der Waals surface area contributed by atoms with Gasteiger partial charge in [-0.25, -0.2) is 0 Å². The molecule has 0 aromatic carbocycles. The average Bonchev–Trinajstić information content (AvgIpc) is 2.57. The second kappa shape index (κ2) is 7.85. The van der Waals surface area contributed by atoms with E-state index >= 15 is 0 Å². The number of hydrogen-bond acceptors (Lipinski definition) is 11. The summed E-state index contributed by atoms with van der Waals surface area (Å²) < 4.78 is 10.1. The van der Waals surface area contributed by atoms with Crippen molar-refractivity contribution in [2.24, 2.45) is 5.92 Å². The third-order valence-electron chi connectivity index (χ3n) is 4.62. The van der Waals surface area contributed by atoms with Gasteiger partial charge in [0.05, 0.1) is 31.5 Å². The first-order valence-electron chi connectivity index (χ1n) is 7.53. The van der Waals surface area contributed by atoms with Gasteiger partial charge in [0, 0.05) is 5.92 Å². The van der Waals surface area contributed by atoms with E-state index in [2.05, 4.69) is 0 Å². The SMILES string of the molecule is OC[C@H]1O[C@@H]([C@H](O)[C@H]2[C@H](O)[C@@H](O)C(O)O[C@@H]2CO)[C@H](O)[C@@H](O)[C@H]1O. The lowest BCUT2D eigenvalue weighted by Gasteiger charge is -2.47. The van der Waals surface area contributed by atoms with E-state index in [4.69, 9.17) is 14.6 Å². The van der Waals surface area contributed by atoms with Crippen LogP contribution in [0.25, 0.3) is 0 Å². The minimum absolute atomic E-state index is 0.706. The van der Waals surface area contributed by atoms with Crippen molar-refractivity contribution in [3.8, 4) is 0 Å². The van der Waals surface area contributed by atoms with Crippen molar-refractivity contribution >= 4 is 0 Å². The lowest BCUT2D eigenvalue weighted by atomic mass is 9.79. The summed E-state index contributed by atoms with van der Waals surface area (Å²) in [7, 11) is 0. The van der Waals surface area contributed by atoms with Gasteiger partial charge >= 0.3 is 0 Å². The fourth-order valence-corrected chi connectivity index (χ4v) is 3.18. The van der Waals surface area contributed by atoms with Gasteiger partial charge in [-0.15, -0.1) is 0 Å². The van der Waals surface area contributed by atoms with Crippen molar-refractivity contribution in [3.63, 3.8) is 0 Å². The third-order valence-corrected chi connectivity index (χ3v) is 4.62. The molecule has 142 valence electrons. The summed E-state index contributed by atoms with van der Waals surface area (Å²) in [5.74, 6) is -1.38. The molecule has 11 atom stereocenters. The molecule has 2 aliphatic rings. The standard InChI is InChI=1S/C13H24O11/c14-1-3-5(7(17)11(21)13(22)24-3)8(18)12-10(20)9(19)6(16)4(2-15)23-12/h3-22H,1-2H2/t3-,4-,5-,6+,7+,8-,9+,10-,11-,12+,13?/m1/s1. The molecule has 2 rings (SSSR count). The molecule has 11 nitrogen and oxygen atoms in total. The second-order valence-electron chi connectivity index (χ2n) is 6.09. The van der Waals surface area contributed by atoms with Crippen LogP contribution in [-0.4, -0.2) is 120 Å². The summed E-state index contributed by atoms with van der Waals surface area (Å²) in [5, 5.41) is 87.7. The van der Waals surface area contributed by atoms with Gasteiger partial charge in [0.2, 0.25) is 0 Å². The predicted octanol–water partition coefficient (Wildman–Crippen LogP) is -5.76. The van der Waals surface area contributed by atoms with Crippen LogP contribution in [0.1, 0.15) is 0 Å². The van der Waals surface area contributed by atoms with Crippen LogP contribution in [0.3, 0.4) is 0 Å². The Morgan fingerprint density at radius 2 is 1.25 bits per heavy atom. The maximum absolute atomic E-state index is 10.5. The van der Waals surface area contributed by atoms with Crippen molar-refractivity contribution in [1.29, 1.82) is 0 Å². The molecule has 0 saturated carbocycles. The monoisotopic (exact) mass is 356 g/mol. The molecule has 2 aliphatic heterocycles. The Labute approximate surface area is 136 Å². The molecule has 0 bridgehead atoms. The zero-order chi connectivity index (χ0) is 18.2. The number of ether oxygens (including phenoxy) is 2. The van der Waals surface area contributed by atoms with Crippen molar-refractivity contribution in [3.05, 3.63) is 0 Å². The quantitative estimate of drug-likeness (QED) is 0.232. The molecule has 0 aromatic heterocycles. The highest BCUT2D eigenvalue weighted by molar-refractivity contribution is 5.01. The fourth-order valence-electron chi connectivity index (χ4n) is 3.18. The van der Waals surface area contributed by atoms with Gasteiger partial charge in [0.25, 0.3) is 0 Å². The predicted molar refractivity (Wildman–Crippen MR) is 73.2 cm³/mol. The van der Waals surface area contributed by atoms with Crippen molar-refractivity contribution in [2.45, 2.75) is 61.2 Å². The number of aliphatic hydroxyl groups excluding tert-OH is 9. The van der Waals surface area contributed by atoms with Crippen molar-refractivity contribution in [2.75, 3.05) is 13.2 Å². The minimum Gasteiger partial charge on any atom is -0.394 e. The number of rotatable bonds is 4. The van der Waals surface area contributed by atoms with Crippen molar-refractivity contribution in [1.82, 2.24) is 0 Å². The lowest BCUT2D eigenvalue weighted by molar-refractivity contribution is -0.306. The van der Waals surface area contributed by atoms with Crippen LogP contribution < -0.4 is 0 Å². The van der Waals surface area contributed by atoms with Crippen LogP contribution in [0, 0.1) is 5.92 Å². The Balaban J connectivity index is 2.22. The van der Waals surface area contributed by atoms with E-state index in [1.807, 2.05) is 0 Å². The first-order valence-corrected chi connectivity index (χ1v) is 7.53. The van der Waals surface area contributed by atoms with Crippen LogP contribution in [0.2, 0.25) is 0 Å². The molecule has 2 fully saturated rings. The topological polar surface area (TPSA) is 201 Å².